The van der Waals surface area contributed by atoms with Crippen LogP contribution in [0.3, 0.4) is 0 Å². The number of hydrogen-bond acceptors (Lipinski definition) is 5. The van der Waals surface area contributed by atoms with Gasteiger partial charge in [-0.2, -0.15) is 18.2 Å². The molecule has 0 spiro atoms. The predicted molar refractivity (Wildman–Crippen MR) is 59.7 cm³/mol. The molecule has 0 aliphatic heterocycles. The first-order chi connectivity index (χ1) is 8.24. The highest BCUT2D eigenvalue weighted by Crippen LogP contribution is 2.33. The molecule has 0 fully saturated rings. The normalized spacial score (nSPS) is 11.2. The maximum atomic E-state index is 12.0. The molecule has 1 N–H and O–H groups in total. The topological polar surface area (TPSA) is 77.3 Å². The molecule has 100 valence electrons. The molecule has 1 aromatic heterocycles. The van der Waals surface area contributed by atoms with Crippen LogP contribution in [0, 0.1) is 10.1 Å². The number of nitrogens with one attached hydrogen (secondary N) is 1. The molecule has 0 atom stereocenters. The minimum Gasteiger partial charge on any atom is -0.467 e. The van der Waals surface area contributed by atoms with Crippen molar-refractivity contribution >= 4 is 27.4 Å². The highest BCUT2D eigenvalue weighted by atomic mass is 79.9. The summed E-state index contributed by atoms with van der Waals surface area (Å²) in [6, 6.07) is 1.02. The van der Waals surface area contributed by atoms with Crippen LogP contribution in [-0.4, -0.2) is 29.7 Å². The maximum absolute atomic E-state index is 12.0. The van der Waals surface area contributed by atoms with Crippen molar-refractivity contribution in [1.29, 1.82) is 0 Å². The SMILES string of the molecule is CNc1nc(OCC(F)(F)F)c(Br)cc1[N+](=O)[O-]. The molecule has 6 nitrogen and oxygen atoms in total. The van der Waals surface area contributed by atoms with E-state index in [1.54, 1.807) is 0 Å². The first kappa shape index (κ1) is 14.5. The van der Waals surface area contributed by atoms with E-state index < -0.39 is 17.7 Å². The molecule has 1 heterocycles. The number of alkyl halides is 3. The van der Waals surface area contributed by atoms with Gasteiger partial charge in [0.25, 0.3) is 0 Å². The molecule has 0 saturated carbocycles. The van der Waals surface area contributed by atoms with Crippen LogP contribution >= 0.6 is 15.9 Å². The van der Waals surface area contributed by atoms with Crippen LogP contribution < -0.4 is 10.1 Å². The molecule has 18 heavy (non-hydrogen) atoms. The van der Waals surface area contributed by atoms with E-state index in [2.05, 4.69) is 31.0 Å². The highest BCUT2D eigenvalue weighted by Gasteiger charge is 2.29. The van der Waals surface area contributed by atoms with E-state index in [4.69, 9.17) is 0 Å². The molecule has 0 amide bonds. The number of hydrogen-bond donors (Lipinski definition) is 1. The van der Waals surface area contributed by atoms with E-state index >= 15 is 0 Å². The molecule has 1 aromatic rings. The predicted octanol–water partition coefficient (Wildman–Crippen LogP) is 2.74. The molecule has 1 rings (SSSR count). The second-order valence-corrected chi connectivity index (χ2v) is 3.91. The zero-order chi connectivity index (χ0) is 13.9. The average Bonchev–Trinajstić information content (AvgIpc) is 2.25. The summed E-state index contributed by atoms with van der Waals surface area (Å²) in [4.78, 5) is 13.5. The Morgan fingerprint density at radius 1 is 1.61 bits per heavy atom. The van der Waals surface area contributed by atoms with Crippen molar-refractivity contribution in [3.8, 4) is 5.88 Å². The average molecular weight is 330 g/mol. The van der Waals surface area contributed by atoms with E-state index in [1.165, 1.54) is 7.05 Å². The standard InChI is InChI=1S/C8H7BrF3N3O3/c1-13-6-5(15(16)17)2-4(9)7(14-6)18-3-8(10,11)12/h2H,3H2,1H3,(H,13,14). The lowest BCUT2D eigenvalue weighted by molar-refractivity contribution is -0.384. The van der Waals surface area contributed by atoms with Crippen LogP contribution in [0.5, 0.6) is 5.88 Å². The van der Waals surface area contributed by atoms with Crippen molar-refractivity contribution in [1.82, 2.24) is 4.98 Å². The third-order valence-electron chi connectivity index (χ3n) is 1.73. The van der Waals surface area contributed by atoms with Crippen LogP contribution in [0.25, 0.3) is 0 Å². The molecule has 0 saturated heterocycles. The Hall–Kier alpha value is -1.58. The van der Waals surface area contributed by atoms with Crippen molar-refractivity contribution in [3.05, 3.63) is 20.7 Å². The van der Waals surface area contributed by atoms with E-state index in [9.17, 15) is 23.3 Å². The monoisotopic (exact) mass is 329 g/mol. The molecule has 0 aromatic carbocycles. The summed E-state index contributed by atoms with van der Waals surface area (Å²) in [6.45, 7) is -1.53. The van der Waals surface area contributed by atoms with Crippen LogP contribution in [0.2, 0.25) is 0 Å². The Morgan fingerprint density at radius 3 is 2.67 bits per heavy atom. The molecule has 0 radical (unpaired) electrons. The van der Waals surface area contributed by atoms with Gasteiger partial charge in [-0.15, -0.1) is 0 Å². The summed E-state index contributed by atoms with van der Waals surface area (Å²) >= 11 is 2.86. The van der Waals surface area contributed by atoms with Crippen LogP contribution in [0.1, 0.15) is 0 Å². The zero-order valence-corrected chi connectivity index (χ0v) is 10.5. The van der Waals surface area contributed by atoms with Gasteiger partial charge in [0, 0.05) is 13.1 Å². The van der Waals surface area contributed by atoms with Gasteiger partial charge in [-0.05, 0) is 15.9 Å². The third kappa shape index (κ3) is 3.72. The molecule has 0 aliphatic rings. The van der Waals surface area contributed by atoms with Gasteiger partial charge in [0.1, 0.15) is 0 Å². The Kier molecular flexibility index (Phi) is 4.33. The summed E-state index contributed by atoms with van der Waals surface area (Å²) < 4.78 is 40.3. The van der Waals surface area contributed by atoms with Gasteiger partial charge in [-0.3, -0.25) is 10.1 Å². The van der Waals surface area contributed by atoms with Gasteiger partial charge in [0.2, 0.25) is 11.7 Å². The number of ether oxygens (including phenoxy) is 1. The number of pyridine rings is 1. The van der Waals surface area contributed by atoms with E-state index in [0.29, 0.717) is 0 Å². The number of halogens is 4. The first-order valence-corrected chi connectivity index (χ1v) is 5.26. The van der Waals surface area contributed by atoms with Crippen molar-refractivity contribution in [3.63, 3.8) is 0 Å². The number of anilines is 1. The van der Waals surface area contributed by atoms with Gasteiger partial charge < -0.3 is 10.1 Å². The van der Waals surface area contributed by atoms with Crippen molar-refractivity contribution in [2.24, 2.45) is 0 Å². The first-order valence-electron chi connectivity index (χ1n) is 4.47. The smallest absolute Gasteiger partial charge is 0.422 e. The van der Waals surface area contributed by atoms with E-state index in [-0.39, 0.29) is 21.9 Å². The van der Waals surface area contributed by atoms with Crippen molar-refractivity contribution in [2.75, 3.05) is 19.0 Å². The second-order valence-electron chi connectivity index (χ2n) is 3.05. The fraction of sp³-hybridized carbons (Fsp3) is 0.375. The molecule has 0 aliphatic carbocycles. The van der Waals surface area contributed by atoms with Crippen molar-refractivity contribution < 1.29 is 22.8 Å². The summed E-state index contributed by atoms with van der Waals surface area (Å²) in [7, 11) is 1.36. The molecule has 10 heteroatoms. The van der Waals surface area contributed by atoms with Crippen LogP contribution in [0.15, 0.2) is 10.5 Å². The summed E-state index contributed by atoms with van der Waals surface area (Å²) in [5.41, 5.74) is -0.372. The molecule has 0 unspecified atom stereocenters. The number of aromatic nitrogens is 1. The fourth-order valence-electron chi connectivity index (χ4n) is 1.04. The Labute approximate surface area is 107 Å². The lowest BCUT2D eigenvalue weighted by atomic mass is 10.4. The fourth-order valence-corrected chi connectivity index (χ4v) is 1.46. The van der Waals surface area contributed by atoms with Gasteiger partial charge in [-0.25, -0.2) is 0 Å². The lowest BCUT2D eigenvalue weighted by Gasteiger charge is -2.11. The summed E-state index contributed by atoms with van der Waals surface area (Å²) in [5, 5.41) is 13.1. The van der Waals surface area contributed by atoms with Gasteiger partial charge in [0.05, 0.1) is 9.40 Å². The quantitative estimate of drug-likeness (QED) is 0.678. The summed E-state index contributed by atoms with van der Waals surface area (Å²) in [6.07, 6.45) is -4.51. The Balaban J connectivity index is 3.04. The second kappa shape index (κ2) is 5.38. The van der Waals surface area contributed by atoms with E-state index in [1.807, 2.05) is 0 Å². The Morgan fingerprint density at radius 2 is 2.22 bits per heavy atom. The van der Waals surface area contributed by atoms with Crippen LogP contribution in [-0.2, 0) is 0 Å². The van der Waals surface area contributed by atoms with Gasteiger partial charge in [0.15, 0.2) is 6.61 Å². The lowest BCUT2D eigenvalue weighted by Crippen LogP contribution is -2.20. The third-order valence-corrected chi connectivity index (χ3v) is 2.30. The van der Waals surface area contributed by atoms with E-state index in [0.717, 1.165) is 6.07 Å². The molecule has 0 bridgehead atoms. The molecular weight excluding hydrogens is 323 g/mol. The number of nitrogens with zero attached hydrogens (tertiary/aromatic N) is 2. The number of rotatable bonds is 4. The molecular formula is C8H7BrF3N3O3. The minimum absolute atomic E-state index is 0.0301. The Bertz CT molecular complexity index is 467. The largest absolute Gasteiger partial charge is 0.467 e. The highest BCUT2D eigenvalue weighted by molar-refractivity contribution is 9.10. The zero-order valence-electron chi connectivity index (χ0n) is 8.92. The maximum Gasteiger partial charge on any atom is 0.422 e. The number of nitro groups is 1. The van der Waals surface area contributed by atoms with Crippen LogP contribution in [0.4, 0.5) is 24.7 Å². The van der Waals surface area contributed by atoms with Gasteiger partial charge in [-0.1, -0.05) is 0 Å². The van der Waals surface area contributed by atoms with Gasteiger partial charge >= 0.3 is 11.9 Å². The summed E-state index contributed by atoms with van der Waals surface area (Å²) in [5.74, 6) is -0.553. The van der Waals surface area contributed by atoms with Crippen molar-refractivity contribution in [2.45, 2.75) is 6.18 Å². The minimum atomic E-state index is -4.51.